The second-order valence-corrected chi connectivity index (χ2v) is 3.44. The zero-order valence-corrected chi connectivity index (χ0v) is 9.52. The molecule has 0 aliphatic carbocycles. The Kier molecular flexibility index (Phi) is 3.76. The van der Waals surface area contributed by atoms with Gasteiger partial charge in [0.05, 0.1) is 6.61 Å². The standard InChI is InChI=1S/C10H14N2O4/c1-4-16-10(15)9-5-8(6(2)13)11-12(9)7(3)14/h9H,4-5H2,1-3H3. The van der Waals surface area contributed by atoms with Gasteiger partial charge in [0.1, 0.15) is 5.71 Å². The summed E-state index contributed by atoms with van der Waals surface area (Å²) in [7, 11) is 0. The Morgan fingerprint density at radius 1 is 1.44 bits per heavy atom. The molecule has 6 nitrogen and oxygen atoms in total. The van der Waals surface area contributed by atoms with E-state index in [2.05, 4.69) is 5.10 Å². The Labute approximate surface area is 93.2 Å². The third-order valence-corrected chi connectivity index (χ3v) is 2.20. The minimum absolute atomic E-state index is 0.133. The fourth-order valence-electron chi connectivity index (χ4n) is 1.44. The van der Waals surface area contributed by atoms with Crippen molar-refractivity contribution >= 4 is 23.4 Å². The summed E-state index contributed by atoms with van der Waals surface area (Å²) in [6, 6.07) is -0.795. The molecule has 1 unspecified atom stereocenters. The molecular weight excluding hydrogens is 212 g/mol. The smallest absolute Gasteiger partial charge is 0.331 e. The first-order chi connectivity index (χ1) is 7.47. The fraction of sp³-hybridized carbons (Fsp3) is 0.600. The van der Waals surface area contributed by atoms with E-state index < -0.39 is 12.0 Å². The summed E-state index contributed by atoms with van der Waals surface area (Å²) >= 11 is 0. The maximum atomic E-state index is 11.5. The molecular formula is C10H14N2O4. The van der Waals surface area contributed by atoms with Gasteiger partial charge in [-0.3, -0.25) is 9.59 Å². The highest BCUT2D eigenvalue weighted by atomic mass is 16.5. The van der Waals surface area contributed by atoms with Crippen LogP contribution in [0.1, 0.15) is 27.2 Å². The van der Waals surface area contributed by atoms with Gasteiger partial charge in [-0.25, -0.2) is 9.80 Å². The number of ether oxygens (including phenoxy) is 1. The molecule has 0 radical (unpaired) electrons. The number of nitrogens with zero attached hydrogens (tertiary/aromatic N) is 2. The molecule has 0 saturated carbocycles. The van der Waals surface area contributed by atoms with E-state index in [0.29, 0.717) is 0 Å². The van der Waals surface area contributed by atoms with Gasteiger partial charge in [-0.1, -0.05) is 0 Å². The molecule has 1 heterocycles. The molecule has 1 aliphatic heterocycles. The molecule has 1 aliphatic rings. The maximum absolute atomic E-state index is 11.5. The Balaban J connectivity index is 2.85. The molecule has 1 rings (SSSR count). The molecule has 16 heavy (non-hydrogen) atoms. The molecule has 0 fully saturated rings. The van der Waals surface area contributed by atoms with Crippen LogP contribution in [0.25, 0.3) is 0 Å². The minimum Gasteiger partial charge on any atom is -0.464 e. The Morgan fingerprint density at radius 2 is 2.06 bits per heavy atom. The van der Waals surface area contributed by atoms with E-state index in [1.165, 1.54) is 13.8 Å². The van der Waals surface area contributed by atoms with Gasteiger partial charge < -0.3 is 4.74 Å². The van der Waals surface area contributed by atoms with Crippen LogP contribution in [-0.2, 0) is 19.1 Å². The zero-order chi connectivity index (χ0) is 12.3. The lowest BCUT2D eigenvalue weighted by Crippen LogP contribution is -2.38. The van der Waals surface area contributed by atoms with Gasteiger partial charge in [0.15, 0.2) is 11.8 Å². The number of carbonyl (C=O) groups is 3. The second kappa shape index (κ2) is 4.87. The molecule has 0 aromatic heterocycles. The zero-order valence-electron chi connectivity index (χ0n) is 9.52. The molecule has 0 N–H and O–H groups in total. The lowest BCUT2D eigenvalue weighted by molar-refractivity contribution is -0.153. The Morgan fingerprint density at radius 3 is 2.50 bits per heavy atom. The van der Waals surface area contributed by atoms with E-state index in [-0.39, 0.29) is 30.4 Å². The predicted octanol–water partition coefficient (Wildman–Crippen LogP) is 0.115. The molecule has 0 aromatic carbocycles. The van der Waals surface area contributed by atoms with Crippen LogP contribution in [0.2, 0.25) is 0 Å². The molecule has 0 saturated heterocycles. The SMILES string of the molecule is CCOC(=O)C1CC(C(C)=O)=NN1C(C)=O. The van der Waals surface area contributed by atoms with Gasteiger partial charge in [0, 0.05) is 20.3 Å². The summed E-state index contributed by atoms with van der Waals surface area (Å²) in [6.07, 6.45) is 0.133. The molecule has 1 amide bonds. The quantitative estimate of drug-likeness (QED) is 0.640. The van der Waals surface area contributed by atoms with E-state index in [4.69, 9.17) is 4.74 Å². The third-order valence-electron chi connectivity index (χ3n) is 2.20. The summed E-state index contributed by atoms with van der Waals surface area (Å²) in [4.78, 5) is 33.9. The second-order valence-electron chi connectivity index (χ2n) is 3.44. The number of rotatable bonds is 3. The van der Waals surface area contributed by atoms with Gasteiger partial charge in [-0.2, -0.15) is 5.10 Å². The van der Waals surface area contributed by atoms with Crippen LogP contribution in [0.5, 0.6) is 0 Å². The fourth-order valence-corrected chi connectivity index (χ4v) is 1.44. The molecule has 0 aromatic rings. The van der Waals surface area contributed by atoms with E-state index in [9.17, 15) is 14.4 Å². The Bertz CT molecular complexity index is 362. The highest BCUT2D eigenvalue weighted by molar-refractivity contribution is 6.40. The van der Waals surface area contributed by atoms with E-state index in [1.54, 1.807) is 6.92 Å². The number of ketones is 1. The van der Waals surface area contributed by atoms with Crippen molar-refractivity contribution in [3.63, 3.8) is 0 Å². The molecule has 0 bridgehead atoms. The van der Waals surface area contributed by atoms with Crippen LogP contribution >= 0.6 is 0 Å². The van der Waals surface area contributed by atoms with Crippen LogP contribution < -0.4 is 0 Å². The van der Waals surface area contributed by atoms with Gasteiger partial charge in [0.25, 0.3) is 0 Å². The Hall–Kier alpha value is -1.72. The van der Waals surface area contributed by atoms with Crippen LogP contribution in [-0.4, -0.2) is 41.0 Å². The number of Topliss-reactive ketones (excluding diaryl/α,β-unsaturated/α-hetero) is 1. The summed E-state index contributed by atoms with van der Waals surface area (Å²) in [5.41, 5.74) is 0.230. The van der Waals surface area contributed by atoms with Crippen LogP contribution in [0, 0.1) is 0 Å². The largest absolute Gasteiger partial charge is 0.464 e. The number of amides is 1. The minimum atomic E-state index is -0.795. The van der Waals surface area contributed by atoms with Crippen LogP contribution in [0.3, 0.4) is 0 Å². The normalized spacial score (nSPS) is 19.3. The first kappa shape index (κ1) is 12.4. The number of carbonyl (C=O) groups excluding carboxylic acids is 3. The lowest BCUT2D eigenvalue weighted by Gasteiger charge is -2.17. The number of hydrazone groups is 1. The maximum Gasteiger partial charge on any atom is 0.331 e. The van der Waals surface area contributed by atoms with E-state index >= 15 is 0 Å². The average Bonchev–Trinajstić information content (AvgIpc) is 2.62. The van der Waals surface area contributed by atoms with Crippen LogP contribution in [0.4, 0.5) is 0 Å². The van der Waals surface area contributed by atoms with Gasteiger partial charge in [0.2, 0.25) is 5.91 Å². The predicted molar refractivity (Wildman–Crippen MR) is 55.7 cm³/mol. The first-order valence-corrected chi connectivity index (χ1v) is 5.02. The van der Waals surface area contributed by atoms with Crippen molar-refractivity contribution in [3.8, 4) is 0 Å². The highest BCUT2D eigenvalue weighted by Gasteiger charge is 2.37. The molecule has 88 valence electrons. The summed E-state index contributed by atoms with van der Waals surface area (Å²) in [6.45, 7) is 4.55. The summed E-state index contributed by atoms with van der Waals surface area (Å²) < 4.78 is 4.82. The van der Waals surface area contributed by atoms with Gasteiger partial charge in [-0.05, 0) is 6.92 Å². The number of hydrogen-bond donors (Lipinski definition) is 0. The first-order valence-electron chi connectivity index (χ1n) is 5.02. The molecule has 0 spiro atoms. The van der Waals surface area contributed by atoms with Crippen molar-refractivity contribution in [2.45, 2.75) is 33.2 Å². The number of esters is 1. The summed E-state index contributed by atoms with van der Waals surface area (Å²) in [5.74, 6) is -1.15. The van der Waals surface area contributed by atoms with Crippen molar-refractivity contribution in [2.75, 3.05) is 6.61 Å². The van der Waals surface area contributed by atoms with E-state index in [0.717, 1.165) is 5.01 Å². The van der Waals surface area contributed by atoms with Crippen molar-refractivity contribution in [1.82, 2.24) is 5.01 Å². The van der Waals surface area contributed by atoms with E-state index in [1.807, 2.05) is 0 Å². The lowest BCUT2D eigenvalue weighted by atomic mass is 10.1. The van der Waals surface area contributed by atoms with Crippen molar-refractivity contribution in [2.24, 2.45) is 5.10 Å². The number of hydrogen-bond acceptors (Lipinski definition) is 5. The monoisotopic (exact) mass is 226 g/mol. The van der Waals surface area contributed by atoms with Crippen molar-refractivity contribution in [1.29, 1.82) is 0 Å². The molecule has 6 heteroatoms. The average molecular weight is 226 g/mol. The topological polar surface area (TPSA) is 76.0 Å². The third kappa shape index (κ3) is 2.44. The highest BCUT2D eigenvalue weighted by Crippen LogP contribution is 2.17. The summed E-state index contributed by atoms with van der Waals surface area (Å²) in [5, 5.41) is 4.83. The van der Waals surface area contributed by atoms with Gasteiger partial charge in [-0.15, -0.1) is 0 Å². The van der Waals surface area contributed by atoms with Gasteiger partial charge >= 0.3 is 5.97 Å². The van der Waals surface area contributed by atoms with Crippen molar-refractivity contribution in [3.05, 3.63) is 0 Å². The molecule has 1 atom stereocenters. The van der Waals surface area contributed by atoms with Crippen molar-refractivity contribution < 1.29 is 19.1 Å². The van der Waals surface area contributed by atoms with Crippen LogP contribution in [0.15, 0.2) is 5.10 Å².